The third-order valence-corrected chi connectivity index (χ3v) is 3.99. The van der Waals surface area contributed by atoms with Gasteiger partial charge in [0.15, 0.2) is 0 Å². The quantitative estimate of drug-likeness (QED) is 0.792. The van der Waals surface area contributed by atoms with Gasteiger partial charge in [0.05, 0.1) is 7.11 Å². The van der Waals surface area contributed by atoms with E-state index in [0.29, 0.717) is 25.2 Å². The molecule has 3 amide bonds. The van der Waals surface area contributed by atoms with Gasteiger partial charge in [-0.2, -0.15) is 0 Å². The third kappa shape index (κ3) is 4.61. The monoisotopic (exact) mass is 319 g/mol. The van der Waals surface area contributed by atoms with E-state index in [-0.39, 0.29) is 18.0 Å². The van der Waals surface area contributed by atoms with Gasteiger partial charge in [-0.25, -0.2) is 4.79 Å². The summed E-state index contributed by atoms with van der Waals surface area (Å²) in [5.41, 5.74) is 0.688. The van der Waals surface area contributed by atoms with Gasteiger partial charge < -0.3 is 20.3 Å². The van der Waals surface area contributed by atoms with Crippen molar-refractivity contribution in [2.24, 2.45) is 0 Å². The summed E-state index contributed by atoms with van der Waals surface area (Å²) in [5, 5.41) is 5.75. The summed E-state index contributed by atoms with van der Waals surface area (Å²) in [6.07, 6.45) is 3.55. The first kappa shape index (κ1) is 17.1. The molecule has 0 aliphatic carbocycles. The Morgan fingerprint density at radius 2 is 2.04 bits per heavy atom. The van der Waals surface area contributed by atoms with Gasteiger partial charge in [-0.3, -0.25) is 4.79 Å². The predicted octanol–water partition coefficient (Wildman–Crippen LogP) is 2.61. The van der Waals surface area contributed by atoms with Gasteiger partial charge in [-0.15, -0.1) is 0 Å². The van der Waals surface area contributed by atoms with Crippen molar-refractivity contribution in [3.8, 4) is 5.75 Å². The normalized spacial score (nSPS) is 17.0. The van der Waals surface area contributed by atoms with Gasteiger partial charge >= 0.3 is 6.03 Å². The first-order chi connectivity index (χ1) is 11.2. The van der Waals surface area contributed by atoms with Crippen molar-refractivity contribution in [3.63, 3.8) is 0 Å². The Kier molecular flexibility index (Phi) is 6.26. The lowest BCUT2D eigenvalue weighted by Gasteiger charge is -2.24. The number of likely N-dealkylation sites (tertiary alicyclic amines) is 1. The minimum atomic E-state index is -0.370. The lowest BCUT2D eigenvalue weighted by atomic mass is 10.2. The molecular weight excluding hydrogens is 294 g/mol. The number of amides is 3. The summed E-state index contributed by atoms with van der Waals surface area (Å²) in [7, 11) is 1.60. The largest absolute Gasteiger partial charge is 0.497 e. The van der Waals surface area contributed by atoms with E-state index in [9.17, 15) is 9.59 Å². The van der Waals surface area contributed by atoms with E-state index in [4.69, 9.17) is 4.74 Å². The van der Waals surface area contributed by atoms with Crippen molar-refractivity contribution in [2.45, 2.75) is 38.6 Å². The van der Waals surface area contributed by atoms with Crippen LogP contribution < -0.4 is 15.4 Å². The number of benzene rings is 1. The fourth-order valence-electron chi connectivity index (χ4n) is 2.66. The van der Waals surface area contributed by atoms with Crippen LogP contribution in [0, 0.1) is 0 Å². The van der Waals surface area contributed by atoms with Crippen LogP contribution in [-0.2, 0) is 4.79 Å². The minimum absolute atomic E-state index is 0.0548. The standard InChI is InChI=1S/C17H25N3O3/c1-3-4-11-18-16(21)15-6-5-12-20(15)17(22)19-13-7-9-14(23-2)10-8-13/h7-10,15H,3-6,11-12H2,1-2H3,(H,18,21)(H,19,22)/t15-/m1/s1. The second-order valence-electron chi connectivity index (χ2n) is 5.65. The van der Waals surface area contributed by atoms with Crippen LogP contribution in [0.4, 0.5) is 10.5 Å². The second-order valence-corrected chi connectivity index (χ2v) is 5.65. The van der Waals surface area contributed by atoms with Crippen molar-refractivity contribution in [1.29, 1.82) is 0 Å². The summed E-state index contributed by atoms with van der Waals surface area (Å²) in [6, 6.07) is 6.53. The van der Waals surface area contributed by atoms with Crippen LogP contribution in [0.5, 0.6) is 5.75 Å². The Morgan fingerprint density at radius 3 is 2.70 bits per heavy atom. The van der Waals surface area contributed by atoms with Crippen LogP contribution >= 0.6 is 0 Å². The zero-order valence-corrected chi connectivity index (χ0v) is 13.8. The zero-order chi connectivity index (χ0) is 16.7. The fourth-order valence-corrected chi connectivity index (χ4v) is 2.66. The first-order valence-corrected chi connectivity index (χ1v) is 8.15. The highest BCUT2D eigenvalue weighted by atomic mass is 16.5. The van der Waals surface area contributed by atoms with Gasteiger partial charge in [-0.1, -0.05) is 13.3 Å². The Bertz CT molecular complexity index is 530. The molecule has 126 valence electrons. The molecule has 1 aromatic rings. The number of unbranched alkanes of at least 4 members (excludes halogenated alkanes) is 1. The topological polar surface area (TPSA) is 70.7 Å². The highest BCUT2D eigenvalue weighted by Crippen LogP contribution is 2.20. The lowest BCUT2D eigenvalue weighted by molar-refractivity contribution is -0.124. The molecule has 0 spiro atoms. The number of hydrogen-bond acceptors (Lipinski definition) is 3. The molecule has 1 saturated heterocycles. The third-order valence-electron chi connectivity index (χ3n) is 3.99. The molecule has 6 nitrogen and oxygen atoms in total. The maximum absolute atomic E-state index is 12.4. The van der Waals surface area contributed by atoms with Gasteiger partial charge in [0.2, 0.25) is 5.91 Å². The molecule has 1 aromatic carbocycles. The molecule has 1 atom stereocenters. The van der Waals surface area contributed by atoms with E-state index in [1.807, 2.05) is 0 Å². The van der Waals surface area contributed by atoms with Crippen molar-refractivity contribution in [1.82, 2.24) is 10.2 Å². The molecule has 0 unspecified atom stereocenters. The molecule has 2 rings (SSSR count). The Hall–Kier alpha value is -2.24. The maximum atomic E-state index is 12.4. The Labute approximate surface area is 137 Å². The average molecular weight is 319 g/mol. The number of urea groups is 1. The highest BCUT2D eigenvalue weighted by molar-refractivity contribution is 5.94. The molecule has 0 radical (unpaired) electrons. The molecule has 0 bridgehead atoms. The van der Waals surface area contributed by atoms with Gasteiger partial charge in [-0.05, 0) is 43.5 Å². The SMILES string of the molecule is CCCCNC(=O)[C@H]1CCCN1C(=O)Nc1ccc(OC)cc1. The van der Waals surface area contributed by atoms with Crippen LogP contribution in [-0.4, -0.2) is 43.1 Å². The lowest BCUT2D eigenvalue weighted by Crippen LogP contribution is -2.47. The van der Waals surface area contributed by atoms with Crippen molar-refractivity contribution in [2.75, 3.05) is 25.5 Å². The van der Waals surface area contributed by atoms with E-state index in [1.165, 1.54) is 0 Å². The number of ether oxygens (including phenoxy) is 1. The van der Waals surface area contributed by atoms with Crippen molar-refractivity contribution < 1.29 is 14.3 Å². The summed E-state index contributed by atoms with van der Waals surface area (Å²) in [4.78, 5) is 26.3. The molecule has 0 aromatic heterocycles. The summed E-state index contributed by atoms with van der Waals surface area (Å²) in [5.74, 6) is 0.679. The van der Waals surface area contributed by atoms with E-state index < -0.39 is 0 Å². The summed E-state index contributed by atoms with van der Waals surface area (Å²) >= 11 is 0. The molecule has 1 heterocycles. The van der Waals surface area contributed by atoms with E-state index >= 15 is 0 Å². The predicted molar refractivity (Wildman–Crippen MR) is 89.7 cm³/mol. The molecular formula is C17H25N3O3. The second kappa shape index (κ2) is 8.41. The van der Waals surface area contributed by atoms with Crippen LogP contribution in [0.2, 0.25) is 0 Å². The maximum Gasteiger partial charge on any atom is 0.322 e. The Balaban J connectivity index is 1.92. The van der Waals surface area contributed by atoms with Crippen molar-refractivity contribution >= 4 is 17.6 Å². The molecule has 1 aliphatic rings. The van der Waals surface area contributed by atoms with E-state index in [0.717, 1.165) is 25.0 Å². The minimum Gasteiger partial charge on any atom is -0.497 e. The summed E-state index contributed by atoms with van der Waals surface area (Å²) in [6.45, 7) is 3.35. The Morgan fingerprint density at radius 1 is 1.30 bits per heavy atom. The van der Waals surface area contributed by atoms with Gasteiger partial charge in [0.1, 0.15) is 11.8 Å². The molecule has 1 fully saturated rings. The molecule has 23 heavy (non-hydrogen) atoms. The molecule has 0 saturated carbocycles. The van der Waals surface area contributed by atoms with E-state index in [1.54, 1.807) is 36.3 Å². The molecule has 6 heteroatoms. The fraction of sp³-hybridized carbons (Fsp3) is 0.529. The number of hydrogen-bond donors (Lipinski definition) is 2. The highest BCUT2D eigenvalue weighted by Gasteiger charge is 2.33. The number of rotatable bonds is 6. The number of anilines is 1. The number of methoxy groups -OCH3 is 1. The number of carbonyl (C=O) groups excluding carboxylic acids is 2. The van der Waals surface area contributed by atoms with Gasteiger partial charge in [0.25, 0.3) is 0 Å². The van der Waals surface area contributed by atoms with Gasteiger partial charge in [0, 0.05) is 18.8 Å². The van der Waals surface area contributed by atoms with Crippen LogP contribution in [0.15, 0.2) is 24.3 Å². The number of nitrogens with zero attached hydrogens (tertiary/aromatic N) is 1. The smallest absolute Gasteiger partial charge is 0.322 e. The first-order valence-electron chi connectivity index (χ1n) is 8.15. The number of carbonyl (C=O) groups is 2. The summed E-state index contributed by atoms with van der Waals surface area (Å²) < 4.78 is 5.09. The zero-order valence-electron chi connectivity index (χ0n) is 13.8. The van der Waals surface area contributed by atoms with Crippen LogP contribution in [0.25, 0.3) is 0 Å². The van der Waals surface area contributed by atoms with Crippen LogP contribution in [0.3, 0.4) is 0 Å². The van der Waals surface area contributed by atoms with Crippen molar-refractivity contribution in [3.05, 3.63) is 24.3 Å². The van der Waals surface area contributed by atoms with Crippen LogP contribution in [0.1, 0.15) is 32.6 Å². The van der Waals surface area contributed by atoms with E-state index in [2.05, 4.69) is 17.6 Å². The molecule has 2 N–H and O–H groups in total. The molecule has 1 aliphatic heterocycles. The average Bonchev–Trinajstić information content (AvgIpc) is 3.05. The number of nitrogens with one attached hydrogen (secondary N) is 2.